The number of anilines is 2. The van der Waals surface area contributed by atoms with E-state index in [2.05, 4.69) is 17.3 Å². The van der Waals surface area contributed by atoms with Gasteiger partial charge in [-0.25, -0.2) is 4.68 Å². The van der Waals surface area contributed by atoms with E-state index in [1.807, 2.05) is 60.4 Å². The first kappa shape index (κ1) is 17.7. The Morgan fingerprint density at radius 3 is 2.52 bits per heavy atom. The molecule has 29 heavy (non-hydrogen) atoms. The zero-order valence-electron chi connectivity index (χ0n) is 16.5. The molecule has 1 N–H and O–H groups in total. The fourth-order valence-corrected chi connectivity index (χ4v) is 4.68. The van der Waals surface area contributed by atoms with Crippen LogP contribution >= 0.6 is 0 Å². The molecule has 0 fully saturated rings. The minimum atomic E-state index is -1.02. The molecule has 1 spiro atoms. The standard InChI is InChI=1S/C23H22N4O2/c1-3-12-26-19-11-7-5-9-16(19)23(22(26)29)13-20(28)25-21-17(23)14-24-27(21)18-10-6-4-8-15(18)2/h4-11,14H,3,12-13H2,1-2H3,(H,25,28). The van der Waals surface area contributed by atoms with Gasteiger partial charge in [-0.2, -0.15) is 5.10 Å². The lowest BCUT2D eigenvalue weighted by molar-refractivity contribution is -0.126. The van der Waals surface area contributed by atoms with Crippen LogP contribution in [0.2, 0.25) is 0 Å². The summed E-state index contributed by atoms with van der Waals surface area (Å²) < 4.78 is 1.74. The topological polar surface area (TPSA) is 67.2 Å². The highest BCUT2D eigenvalue weighted by atomic mass is 16.2. The third kappa shape index (κ3) is 2.32. The summed E-state index contributed by atoms with van der Waals surface area (Å²) in [4.78, 5) is 28.4. The number of carbonyl (C=O) groups is 2. The lowest BCUT2D eigenvalue weighted by atomic mass is 9.72. The van der Waals surface area contributed by atoms with Gasteiger partial charge in [0.15, 0.2) is 0 Å². The lowest BCUT2D eigenvalue weighted by Crippen LogP contribution is -2.46. The largest absolute Gasteiger partial charge is 0.311 e. The molecule has 3 aromatic rings. The molecular formula is C23H22N4O2. The Labute approximate surface area is 169 Å². The molecule has 6 heteroatoms. The second-order valence-corrected chi connectivity index (χ2v) is 7.71. The van der Waals surface area contributed by atoms with Crippen LogP contribution in [0.25, 0.3) is 5.69 Å². The van der Waals surface area contributed by atoms with Crippen LogP contribution in [0.4, 0.5) is 11.5 Å². The van der Waals surface area contributed by atoms with Gasteiger partial charge in [0, 0.05) is 24.2 Å². The smallest absolute Gasteiger partial charge is 0.242 e. The van der Waals surface area contributed by atoms with E-state index in [-0.39, 0.29) is 18.2 Å². The number of nitrogens with zero attached hydrogens (tertiary/aromatic N) is 3. The minimum Gasteiger partial charge on any atom is -0.311 e. The lowest BCUT2D eigenvalue weighted by Gasteiger charge is -2.32. The zero-order chi connectivity index (χ0) is 20.2. The summed E-state index contributed by atoms with van der Waals surface area (Å²) in [6.45, 7) is 4.68. The van der Waals surface area contributed by atoms with Crippen molar-refractivity contribution in [3.63, 3.8) is 0 Å². The van der Waals surface area contributed by atoms with Gasteiger partial charge < -0.3 is 10.2 Å². The fraction of sp³-hybridized carbons (Fsp3) is 0.261. The minimum absolute atomic E-state index is 0.0408. The Morgan fingerprint density at radius 2 is 1.76 bits per heavy atom. The van der Waals surface area contributed by atoms with Crippen LogP contribution in [0.5, 0.6) is 0 Å². The van der Waals surface area contributed by atoms with E-state index in [1.54, 1.807) is 10.9 Å². The van der Waals surface area contributed by atoms with Crippen LogP contribution in [0.15, 0.2) is 54.7 Å². The number of aryl methyl sites for hydroxylation is 1. The molecule has 2 aliphatic rings. The number of rotatable bonds is 3. The van der Waals surface area contributed by atoms with Gasteiger partial charge in [-0.15, -0.1) is 0 Å². The summed E-state index contributed by atoms with van der Waals surface area (Å²) in [6, 6.07) is 15.7. The first-order valence-electron chi connectivity index (χ1n) is 9.93. The van der Waals surface area contributed by atoms with Gasteiger partial charge >= 0.3 is 0 Å². The molecule has 0 bridgehead atoms. The third-order valence-electron chi connectivity index (χ3n) is 5.97. The molecule has 2 aliphatic heterocycles. The fourth-order valence-electron chi connectivity index (χ4n) is 4.68. The molecule has 0 saturated carbocycles. The Balaban J connectivity index is 1.77. The van der Waals surface area contributed by atoms with Crippen molar-refractivity contribution in [1.29, 1.82) is 0 Å². The molecule has 3 heterocycles. The summed E-state index contributed by atoms with van der Waals surface area (Å²) in [6.07, 6.45) is 2.68. The highest BCUT2D eigenvalue weighted by molar-refractivity contribution is 6.15. The summed E-state index contributed by atoms with van der Waals surface area (Å²) >= 11 is 0. The molecule has 2 aromatic carbocycles. The Hall–Kier alpha value is -3.41. The number of hydrogen-bond acceptors (Lipinski definition) is 3. The van der Waals surface area contributed by atoms with E-state index in [0.29, 0.717) is 12.4 Å². The molecule has 1 unspecified atom stereocenters. The summed E-state index contributed by atoms with van der Waals surface area (Å²) in [5.74, 6) is 0.368. The van der Waals surface area contributed by atoms with Crippen LogP contribution in [0.1, 0.15) is 36.5 Å². The SMILES string of the molecule is CCCN1C(=O)C2(CC(=O)Nc3c2cnn3-c2ccccc2C)c2ccccc21. The van der Waals surface area contributed by atoms with E-state index >= 15 is 0 Å². The van der Waals surface area contributed by atoms with Crippen LogP contribution in [0.3, 0.4) is 0 Å². The van der Waals surface area contributed by atoms with Gasteiger partial charge in [-0.1, -0.05) is 43.3 Å². The third-order valence-corrected chi connectivity index (χ3v) is 5.97. The van der Waals surface area contributed by atoms with E-state index in [4.69, 9.17) is 0 Å². The maximum atomic E-state index is 13.8. The van der Waals surface area contributed by atoms with Crippen LogP contribution in [0, 0.1) is 6.92 Å². The normalized spacial score (nSPS) is 20.0. The number of nitrogens with one attached hydrogen (secondary N) is 1. The van der Waals surface area contributed by atoms with Gasteiger partial charge in [0.05, 0.1) is 11.9 Å². The predicted molar refractivity (Wildman–Crippen MR) is 111 cm³/mol. The number of amides is 2. The second-order valence-electron chi connectivity index (χ2n) is 7.71. The molecule has 0 saturated heterocycles. The Kier molecular flexibility index (Phi) is 3.84. The second kappa shape index (κ2) is 6.30. The number of hydrogen-bond donors (Lipinski definition) is 1. The molecule has 5 rings (SSSR count). The average molecular weight is 386 g/mol. The zero-order valence-corrected chi connectivity index (χ0v) is 16.5. The maximum Gasteiger partial charge on any atom is 0.242 e. The van der Waals surface area contributed by atoms with E-state index < -0.39 is 5.41 Å². The van der Waals surface area contributed by atoms with Gasteiger partial charge in [0.1, 0.15) is 11.2 Å². The van der Waals surface area contributed by atoms with E-state index in [1.165, 1.54) is 0 Å². The van der Waals surface area contributed by atoms with Crippen molar-refractivity contribution < 1.29 is 9.59 Å². The number of carbonyl (C=O) groups excluding carboxylic acids is 2. The van der Waals surface area contributed by atoms with Crippen molar-refractivity contribution in [2.45, 2.75) is 32.1 Å². The molecule has 146 valence electrons. The van der Waals surface area contributed by atoms with Gasteiger partial charge in [0.25, 0.3) is 0 Å². The van der Waals surface area contributed by atoms with Crippen molar-refractivity contribution in [1.82, 2.24) is 9.78 Å². The molecule has 6 nitrogen and oxygen atoms in total. The molecule has 1 aromatic heterocycles. The number of benzene rings is 2. The van der Waals surface area contributed by atoms with Crippen molar-refractivity contribution in [3.05, 3.63) is 71.4 Å². The maximum absolute atomic E-state index is 13.8. The molecule has 0 aliphatic carbocycles. The van der Waals surface area contributed by atoms with Gasteiger partial charge in [-0.3, -0.25) is 9.59 Å². The number of fused-ring (bicyclic) bond motifs is 4. The van der Waals surface area contributed by atoms with E-state index in [0.717, 1.165) is 34.5 Å². The molecule has 0 radical (unpaired) electrons. The highest BCUT2D eigenvalue weighted by Gasteiger charge is 2.56. The van der Waals surface area contributed by atoms with Crippen LogP contribution in [-0.4, -0.2) is 28.1 Å². The van der Waals surface area contributed by atoms with Crippen LogP contribution in [-0.2, 0) is 15.0 Å². The first-order chi connectivity index (χ1) is 14.1. The number of aromatic nitrogens is 2. The summed E-state index contributed by atoms with van der Waals surface area (Å²) in [5, 5.41) is 7.57. The summed E-state index contributed by atoms with van der Waals surface area (Å²) in [5.41, 5.74) is 3.44. The van der Waals surface area contributed by atoms with Gasteiger partial charge in [-0.05, 0) is 36.6 Å². The summed E-state index contributed by atoms with van der Waals surface area (Å²) in [7, 11) is 0. The predicted octanol–water partition coefficient (Wildman–Crippen LogP) is 3.57. The van der Waals surface area contributed by atoms with Crippen molar-refractivity contribution in [2.75, 3.05) is 16.8 Å². The Bertz CT molecular complexity index is 1150. The van der Waals surface area contributed by atoms with Crippen LogP contribution < -0.4 is 10.2 Å². The quantitative estimate of drug-likeness (QED) is 0.748. The first-order valence-corrected chi connectivity index (χ1v) is 9.93. The van der Waals surface area contributed by atoms with Crippen molar-refractivity contribution in [3.8, 4) is 5.69 Å². The Morgan fingerprint density at radius 1 is 1.03 bits per heavy atom. The molecule has 2 amide bonds. The monoisotopic (exact) mass is 386 g/mol. The average Bonchev–Trinajstić information content (AvgIpc) is 3.23. The van der Waals surface area contributed by atoms with E-state index in [9.17, 15) is 9.59 Å². The highest BCUT2D eigenvalue weighted by Crippen LogP contribution is 2.52. The number of para-hydroxylation sites is 2. The molecule has 1 atom stereocenters. The van der Waals surface area contributed by atoms with Gasteiger partial charge in [0.2, 0.25) is 11.8 Å². The molecular weight excluding hydrogens is 364 g/mol. The van der Waals surface area contributed by atoms with Crippen molar-refractivity contribution in [2.24, 2.45) is 0 Å². The van der Waals surface area contributed by atoms with Crippen molar-refractivity contribution >= 4 is 23.3 Å².